The van der Waals surface area contributed by atoms with Gasteiger partial charge < -0.3 is 0 Å². The van der Waals surface area contributed by atoms with E-state index >= 15 is 0 Å². The van der Waals surface area contributed by atoms with Gasteiger partial charge in [-0.1, -0.05) is 250 Å². The van der Waals surface area contributed by atoms with E-state index in [-0.39, 0.29) is 13.4 Å². The molecule has 8 rings (SSSR count). The Bertz CT molecular complexity index is 2530. The first-order valence-corrected chi connectivity index (χ1v) is 25.1. The fraction of sp³-hybridized carbons (Fsp3) is 0.220. The largest absolute Gasteiger partial charge is 0.235 e. The van der Waals surface area contributed by atoms with Crippen LogP contribution in [0.1, 0.15) is 77.9 Å². The van der Waals surface area contributed by atoms with E-state index in [2.05, 4.69) is 229 Å². The maximum absolute atomic E-state index is 3.05. The average Bonchev–Trinajstić information content (AvgIpc) is 3.48. The van der Waals surface area contributed by atoms with E-state index in [4.69, 9.17) is 0 Å². The summed E-state index contributed by atoms with van der Waals surface area (Å²) in [5.41, 5.74) is 27.3. The van der Waals surface area contributed by atoms with Crippen LogP contribution in [0.2, 0.25) is 6.55 Å². The number of allylic oxidation sites excluding steroid dienone is 2. The Morgan fingerprint density at radius 2 is 0.532 bits per heavy atom. The number of benzene rings is 7. The lowest BCUT2D eigenvalue weighted by Gasteiger charge is -2.40. The summed E-state index contributed by atoms with van der Waals surface area (Å²) in [6.45, 7) is 30.7. The first kappa shape index (κ1) is 43.0. The standard InChI is InChI=1S/C59H62B2Si/c1-37-29-41(5)54(42(6)30-37)60(55-43(7)31-38(2)32-44(55)8)58-52(49-23-17-14-18-24-49)53(50-25-19-15-20-26-50)59(62(58,13)51-27-21-16-22-28-51)61(56-45(9)33-39(3)34-46(56)10)57-47(11)35-40(4)36-48(57)12/h14-36H,1-13H3. The van der Waals surface area contributed by atoms with Crippen molar-refractivity contribution >= 4 is 59.7 Å². The highest BCUT2D eigenvalue weighted by Gasteiger charge is 2.55. The molecule has 0 aromatic heterocycles. The Labute approximate surface area is 375 Å². The lowest BCUT2D eigenvalue weighted by atomic mass is 9.35. The predicted molar refractivity (Wildman–Crippen MR) is 277 cm³/mol. The molecule has 62 heavy (non-hydrogen) atoms. The molecule has 0 bridgehead atoms. The second-order valence-corrected chi connectivity index (χ2v) is 22.8. The van der Waals surface area contributed by atoms with Crippen LogP contribution in [0.15, 0.2) is 150 Å². The predicted octanol–water partition coefficient (Wildman–Crippen LogP) is 11.4. The van der Waals surface area contributed by atoms with Gasteiger partial charge in [-0.15, -0.1) is 0 Å². The summed E-state index contributed by atoms with van der Waals surface area (Å²) in [7, 11) is -3.05. The highest BCUT2D eigenvalue weighted by molar-refractivity contribution is 7.26. The molecule has 0 nitrogen and oxygen atoms in total. The van der Waals surface area contributed by atoms with Crippen LogP contribution in [0.4, 0.5) is 0 Å². The van der Waals surface area contributed by atoms with Gasteiger partial charge in [0.1, 0.15) is 8.07 Å². The third-order valence-corrected chi connectivity index (χ3v) is 18.7. The molecule has 308 valence electrons. The molecule has 0 radical (unpaired) electrons. The topological polar surface area (TPSA) is 0 Å². The Kier molecular flexibility index (Phi) is 11.7. The smallest absolute Gasteiger partial charge is 0.0847 e. The molecule has 1 aliphatic rings. The van der Waals surface area contributed by atoms with Crippen LogP contribution >= 0.6 is 0 Å². The molecular formula is C59H62B2Si. The fourth-order valence-corrected chi connectivity index (χ4v) is 17.2. The molecule has 0 atom stereocenters. The summed E-state index contributed by atoms with van der Waals surface area (Å²) in [6, 6.07) is 54.1. The number of aryl methyl sites for hydroxylation is 12. The van der Waals surface area contributed by atoms with Crippen LogP contribution in [-0.2, 0) is 0 Å². The van der Waals surface area contributed by atoms with Crippen molar-refractivity contribution in [3.63, 3.8) is 0 Å². The van der Waals surface area contributed by atoms with Crippen LogP contribution in [0.25, 0.3) is 11.1 Å². The zero-order valence-corrected chi connectivity index (χ0v) is 40.4. The third-order valence-electron chi connectivity index (χ3n) is 14.0. The molecule has 0 fully saturated rings. The van der Waals surface area contributed by atoms with Gasteiger partial charge in [0.15, 0.2) is 0 Å². The van der Waals surface area contributed by atoms with E-state index in [0.29, 0.717) is 0 Å². The second-order valence-electron chi connectivity index (χ2n) is 18.9. The van der Waals surface area contributed by atoms with Gasteiger partial charge in [0.05, 0.1) is 0 Å². The minimum atomic E-state index is -3.05. The van der Waals surface area contributed by atoms with E-state index in [9.17, 15) is 0 Å². The summed E-state index contributed by atoms with van der Waals surface area (Å²) >= 11 is 0. The SMILES string of the molecule is Cc1cc(C)c(B(C2=C(c3ccccc3)C(c3ccccc3)=C(B(c3c(C)cc(C)cc3C)c3c(C)cc(C)cc3C)[Si]2(C)c2ccccc2)c2c(C)cc(C)cc2C)c(C)c1. The number of rotatable bonds is 9. The zero-order chi connectivity index (χ0) is 44.2. The molecule has 0 N–H and O–H groups in total. The van der Waals surface area contributed by atoms with Crippen molar-refractivity contribution in [2.24, 2.45) is 0 Å². The van der Waals surface area contributed by atoms with Crippen molar-refractivity contribution < 1.29 is 0 Å². The van der Waals surface area contributed by atoms with Crippen LogP contribution < -0.4 is 27.0 Å². The van der Waals surface area contributed by atoms with Crippen molar-refractivity contribution in [2.45, 2.75) is 89.6 Å². The molecule has 0 amide bonds. The van der Waals surface area contributed by atoms with Crippen molar-refractivity contribution in [2.75, 3.05) is 0 Å². The summed E-state index contributed by atoms with van der Waals surface area (Å²) < 4.78 is 0. The van der Waals surface area contributed by atoms with Gasteiger partial charge in [-0.2, -0.15) is 0 Å². The number of hydrogen-bond donors (Lipinski definition) is 0. The van der Waals surface area contributed by atoms with Crippen LogP contribution in [0.5, 0.6) is 0 Å². The second kappa shape index (κ2) is 16.9. The monoisotopic (exact) mass is 820 g/mol. The van der Waals surface area contributed by atoms with Gasteiger partial charge >= 0.3 is 0 Å². The van der Waals surface area contributed by atoms with Gasteiger partial charge in [-0.25, -0.2) is 0 Å². The molecule has 1 heterocycles. The molecule has 0 saturated carbocycles. The van der Waals surface area contributed by atoms with Gasteiger partial charge in [0.2, 0.25) is 13.4 Å². The van der Waals surface area contributed by atoms with Crippen LogP contribution in [-0.4, -0.2) is 21.5 Å². The fourth-order valence-electron chi connectivity index (χ4n) is 12.1. The summed E-state index contributed by atoms with van der Waals surface area (Å²) in [4.78, 5) is 0. The maximum atomic E-state index is 2.74. The van der Waals surface area contributed by atoms with E-state index in [1.807, 2.05) is 0 Å². The Morgan fingerprint density at radius 3 is 0.774 bits per heavy atom. The maximum Gasteiger partial charge on any atom is 0.235 e. The molecule has 0 aliphatic carbocycles. The summed E-state index contributed by atoms with van der Waals surface area (Å²) in [5.74, 6) is 0. The Balaban J connectivity index is 1.69. The van der Waals surface area contributed by atoms with Crippen molar-refractivity contribution in [3.05, 3.63) is 228 Å². The number of hydrogen-bond acceptors (Lipinski definition) is 0. The lowest BCUT2D eigenvalue weighted by Crippen LogP contribution is -2.65. The Morgan fingerprint density at radius 1 is 0.306 bits per heavy atom. The van der Waals surface area contributed by atoms with Crippen LogP contribution in [0, 0.1) is 83.1 Å². The first-order chi connectivity index (χ1) is 29.6. The lowest BCUT2D eigenvalue weighted by molar-refractivity contribution is 1.34. The first-order valence-electron chi connectivity index (χ1n) is 22.6. The minimum Gasteiger partial charge on any atom is -0.0847 e. The molecule has 7 aromatic rings. The van der Waals surface area contributed by atoms with Crippen molar-refractivity contribution in [1.29, 1.82) is 0 Å². The zero-order valence-electron chi connectivity index (χ0n) is 39.4. The van der Waals surface area contributed by atoms with E-state index < -0.39 is 8.07 Å². The molecule has 1 aliphatic heterocycles. The van der Waals surface area contributed by atoms with Gasteiger partial charge in [-0.05, 0) is 105 Å². The molecule has 0 spiro atoms. The normalized spacial score (nSPS) is 13.6. The highest BCUT2D eigenvalue weighted by atomic mass is 28.3. The van der Waals surface area contributed by atoms with E-state index in [1.165, 1.54) is 116 Å². The van der Waals surface area contributed by atoms with E-state index in [0.717, 1.165) is 0 Å². The van der Waals surface area contributed by atoms with Gasteiger partial charge in [0.25, 0.3) is 0 Å². The minimum absolute atomic E-state index is 0.000523. The molecule has 7 aromatic carbocycles. The summed E-state index contributed by atoms with van der Waals surface area (Å²) in [6.07, 6.45) is 0. The third kappa shape index (κ3) is 7.43. The van der Waals surface area contributed by atoms with Gasteiger partial charge in [-0.3, -0.25) is 0 Å². The molecule has 0 saturated heterocycles. The molecular weight excluding hydrogens is 758 g/mol. The molecule has 3 heteroatoms. The highest BCUT2D eigenvalue weighted by Crippen LogP contribution is 2.51. The van der Waals surface area contributed by atoms with E-state index in [1.54, 1.807) is 10.2 Å². The van der Waals surface area contributed by atoms with Gasteiger partial charge in [0, 0.05) is 0 Å². The average molecular weight is 821 g/mol. The van der Waals surface area contributed by atoms with Crippen LogP contribution in [0.3, 0.4) is 0 Å². The Hall–Kier alpha value is -5.63. The summed E-state index contributed by atoms with van der Waals surface area (Å²) in [5, 5.41) is 4.63. The molecule has 0 unspecified atom stereocenters. The van der Waals surface area contributed by atoms with Crippen molar-refractivity contribution in [1.82, 2.24) is 0 Å². The van der Waals surface area contributed by atoms with Crippen molar-refractivity contribution in [3.8, 4) is 0 Å². The quantitative estimate of drug-likeness (QED) is 0.127.